The third-order valence-corrected chi connectivity index (χ3v) is 3.95. The van der Waals surface area contributed by atoms with E-state index in [0.29, 0.717) is 0 Å². The van der Waals surface area contributed by atoms with Crippen LogP contribution in [-0.4, -0.2) is 52.3 Å². The molecule has 1 fully saturated rings. The average Bonchev–Trinajstić information content (AvgIpc) is 2.47. The molecule has 0 aromatic heterocycles. The summed E-state index contributed by atoms with van der Waals surface area (Å²) < 4.78 is 141. The van der Waals surface area contributed by atoms with Gasteiger partial charge in [-0.05, 0) is 0 Å². The first-order valence-electron chi connectivity index (χ1n) is 6.78. The highest BCUT2D eigenvalue weighted by Crippen LogP contribution is 2.70. The lowest BCUT2D eigenvalue weighted by Gasteiger charge is -2.56. The Morgan fingerprint density at radius 3 is 1.37 bits per heavy atom. The first kappa shape index (κ1) is 23.0. The summed E-state index contributed by atoms with van der Waals surface area (Å²) in [6, 6.07) is 0. The van der Waals surface area contributed by atoms with Gasteiger partial charge in [0.2, 0.25) is 0 Å². The number of carbonyl (C=O) groups is 2. The molecule has 1 aliphatic rings. The van der Waals surface area contributed by atoms with Crippen molar-refractivity contribution in [3.8, 4) is 0 Å². The van der Waals surface area contributed by atoms with E-state index in [9.17, 15) is 53.5 Å². The van der Waals surface area contributed by atoms with Gasteiger partial charge in [0.15, 0.2) is 0 Å². The average molecular weight is 420 g/mol. The molecule has 0 radical (unpaired) electrons. The van der Waals surface area contributed by atoms with Gasteiger partial charge in [-0.3, -0.25) is 0 Å². The van der Waals surface area contributed by atoms with E-state index >= 15 is 0 Å². The second kappa shape index (κ2) is 5.99. The van der Waals surface area contributed by atoms with E-state index in [1.807, 2.05) is 0 Å². The van der Waals surface area contributed by atoms with Crippen LogP contribution in [0.5, 0.6) is 0 Å². The topological polar surface area (TPSA) is 63.6 Å². The van der Waals surface area contributed by atoms with Crippen LogP contribution in [0.4, 0.5) is 43.9 Å². The number of esters is 1. The van der Waals surface area contributed by atoms with Gasteiger partial charge >= 0.3 is 41.6 Å². The zero-order valence-electron chi connectivity index (χ0n) is 13.2. The summed E-state index contributed by atoms with van der Waals surface area (Å²) in [6.07, 6.45) is -0.484. The number of hydrogen-bond acceptors (Lipinski definition) is 3. The highest BCUT2D eigenvalue weighted by atomic mass is 19.4. The smallest absolute Gasteiger partial charge is 0.384 e. The number of carbonyl (C=O) groups excluding carboxylic acids is 1. The van der Waals surface area contributed by atoms with Crippen molar-refractivity contribution in [1.82, 2.24) is 0 Å². The Hall–Kier alpha value is -2.02. The summed E-state index contributed by atoms with van der Waals surface area (Å²) in [7, 11) is 0. The van der Waals surface area contributed by atoms with E-state index in [0.717, 1.165) is 0 Å². The molecule has 0 heterocycles. The van der Waals surface area contributed by atoms with Crippen molar-refractivity contribution in [3.63, 3.8) is 0 Å². The van der Waals surface area contributed by atoms with Crippen molar-refractivity contribution in [2.24, 2.45) is 5.92 Å². The normalized spacial score (nSPS) is 26.7. The Labute approximate surface area is 143 Å². The van der Waals surface area contributed by atoms with Crippen LogP contribution >= 0.6 is 0 Å². The molecule has 156 valence electrons. The number of ether oxygens (including phenoxy) is 1. The largest absolute Gasteiger partial charge is 0.478 e. The van der Waals surface area contributed by atoms with Crippen LogP contribution in [0.25, 0.3) is 0 Å². The summed E-state index contributed by atoms with van der Waals surface area (Å²) in [5, 5.41) is 8.25. The number of alkyl halides is 10. The summed E-state index contributed by atoms with van der Waals surface area (Å²) in [6.45, 7) is 0.456. The van der Waals surface area contributed by atoms with Crippen LogP contribution in [0.15, 0.2) is 12.2 Å². The van der Waals surface area contributed by atoms with Crippen molar-refractivity contribution >= 4 is 11.9 Å². The highest BCUT2D eigenvalue weighted by Gasteiger charge is 3.01. The Balaban J connectivity index is 3.84. The van der Waals surface area contributed by atoms with Gasteiger partial charge in [-0.15, -0.1) is 0 Å². The van der Waals surface area contributed by atoms with E-state index in [1.54, 1.807) is 0 Å². The molecule has 1 rings (SSSR count). The quantitative estimate of drug-likeness (QED) is 0.428. The van der Waals surface area contributed by atoms with Crippen LogP contribution in [0, 0.1) is 5.92 Å². The van der Waals surface area contributed by atoms with Crippen molar-refractivity contribution in [3.05, 3.63) is 12.2 Å². The molecule has 0 aromatic rings. The molecule has 4 nitrogen and oxygen atoms in total. The zero-order chi connectivity index (χ0) is 21.9. The number of carboxylic acids is 1. The van der Waals surface area contributed by atoms with Crippen LogP contribution in [-0.2, 0) is 14.3 Å². The molecule has 0 aromatic carbocycles. The van der Waals surface area contributed by atoms with Crippen molar-refractivity contribution in [1.29, 1.82) is 0 Å². The van der Waals surface area contributed by atoms with Gasteiger partial charge in [0.1, 0.15) is 0 Å². The fourth-order valence-electron chi connectivity index (χ4n) is 2.56. The lowest BCUT2D eigenvalue weighted by Crippen LogP contribution is -2.87. The monoisotopic (exact) mass is 420 g/mol. The number of aliphatic carboxylic acids is 1. The van der Waals surface area contributed by atoms with E-state index in [2.05, 4.69) is 4.74 Å². The predicted molar refractivity (Wildman–Crippen MR) is 65.2 cm³/mol. The molecule has 14 heteroatoms. The van der Waals surface area contributed by atoms with E-state index in [-0.39, 0.29) is 26.0 Å². The van der Waals surface area contributed by atoms with Crippen LogP contribution in [0.3, 0.4) is 0 Å². The second-order valence-electron chi connectivity index (χ2n) is 5.85. The van der Waals surface area contributed by atoms with Gasteiger partial charge in [0.25, 0.3) is 5.60 Å². The van der Waals surface area contributed by atoms with Gasteiger partial charge in [-0.25, -0.2) is 9.59 Å². The van der Waals surface area contributed by atoms with Gasteiger partial charge in [0.05, 0.1) is 0 Å². The molecule has 0 atom stereocenters. The fourth-order valence-corrected chi connectivity index (χ4v) is 2.56. The minimum absolute atomic E-state index is 0.166. The number of rotatable bonds is 4. The third-order valence-electron chi connectivity index (χ3n) is 3.95. The number of hydrogen-bond donors (Lipinski definition) is 1. The minimum atomic E-state index is -7.21. The Morgan fingerprint density at radius 1 is 0.741 bits per heavy atom. The van der Waals surface area contributed by atoms with Gasteiger partial charge in [-0.2, -0.15) is 43.9 Å². The van der Waals surface area contributed by atoms with Crippen molar-refractivity contribution in [2.75, 3.05) is 0 Å². The lowest BCUT2D eigenvalue weighted by molar-refractivity contribution is -0.500. The molecule has 0 amide bonds. The first-order chi connectivity index (χ1) is 11.8. The molecule has 0 bridgehead atoms. The molecule has 0 unspecified atom stereocenters. The summed E-state index contributed by atoms with van der Waals surface area (Å²) >= 11 is 0. The van der Waals surface area contributed by atoms with E-state index in [4.69, 9.17) is 5.11 Å². The molecule has 1 saturated carbocycles. The summed E-state index contributed by atoms with van der Waals surface area (Å²) in [4.78, 5) is 21.6. The van der Waals surface area contributed by atoms with Crippen LogP contribution in [0.2, 0.25) is 0 Å². The zero-order valence-corrected chi connectivity index (χ0v) is 13.2. The maximum absolute atomic E-state index is 14.2. The molecule has 1 aliphatic carbocycles. The Kier molecular flexibility index (Phi) is 5.11. The van der Waals surface area contributed by atoms with Gasteiger partial charge in [0, 0.05) is 18.1 Å². The SMILES string of the molecule is CC(C)C1(OC(=O)/C=C/C(=O)O)C(F)(F)C(F)(F)C(F)(F)C(F)(F)C1(F)F. The second-order valence-corrected chi connectivity index (χ2v) is 5.85. The maximum Gasteiger partial charge on any atom is 0.384 e. The minimum Gasteiger partial charge on any atom is -0.478 e. The number of halogens is 10. The highest BCUT2D eigenvalue weighted by molar-refractivity contribution is 5.91. The lowest BCUT2D eigenvalue weighted by atomic mass is 9.66. The number of carboxylic acid groups (broad SMARTS) is 1. The Bertz CT molecular complexity index is 638. The van der Waals surface area contributed by atoms with Gasteiger partial charge in [-0.1, -0.05) is 13.8 Å². The summed E-state index contributed by atoms with van der Waals surface area (Å²) in [5.41, 5.74) is -5.44. The molecular formula is C13H10F10O4. The molecule has 1 N–H and O–H groups in total. The molecule has 0 saturated heterocycles. The molecule has 27 heavy (non-hydrogen) atoms. The first-order valence-corrected chi connectivity index (χ1v) is 6.78. The maximum atomic E-state index is 14.2. The van der Waals surface area contributed by atoms with Crippen LogP contribution < -0.4 is 0 Å². The summed E-state index contributed by atoms with van der Waals surface area (Å²) in [5.74, 6) is -41.9. The standard InChI is InChI=1S/C13H10F10O4/c1-5(2)8(27-7(26)4-3-6(24)25)9(14,15)11(18,19)13(22,23)12(20,21)10(8,16)17/h3-5H,1-2H3,(H,24,25)/b4-3+. The molecule has 0 aliphatic heterocycles. The van der Waals surface area contributed by atoms with Crippen LogP contribution in [0.1, 0.15) is 13.8 Å². The Morgan fingerprint density at radius 2 is 1.07 bits per heavy atom. The molecule has 0 spiro atoms. The molecular weight excluding hydrogens is 410 g/mol. The van der Waals surface area contributed by atoms with Crippen molar-refractivity contribution in [2.45, 2.75) is 49.1 Å². The predicted octanol–water partition coefficient (Wildman–Crippen LogP) is 3.76. The van der Waals surface area contributed by atoms with Crippen molar-refractivity contribution < 1.29 is 63.3 Å². The van der Waals surface area contributed by atoms with Gasteiger partial charge < -0.3 is 9.84 Å². The van der Waals surface area contributed by atoms with E-state index in [1.165, 1.54) is 0 Å². The third kappa shape index (κ3) is 2.51. The van der Waals surface area contributed by atoms with E-state index < -0.39 is 53.1 Å². The fraction of sp³-hybridized carbons (Fsp3) is 0.692.